The van der Waals surface area contributed by atoms with Crippen molar-refractivity contribution in [3.63, 3.8) is 0 Å². The monoisotopic (exact) mass is 645 g/mol. The molecule has 3 saturated heterocycles. The number of carbonyl (C=O) groups is 1. The number of ether oxygens (including phenoxy) is 3. The third kappa shape index (κ3) is 7.29. The molecule has 0 aliphatic carbocycles. The van der Waals surface area contributed by atoms with Crippen LogP contribution in [0.3, 0.4) is 0 Å². The fourth-order valence-electron chi connectivity index (χ4n) is 6.42. The van der Waals surface area contributed by atoms with Gasteiger partial charge in [-0.05, 0) is 47.9 Å². The molecule has 0 bridgehead atoms. The van der Waals surface area contributed by atoms with Crippen LogP contribution in [0.2, 0.25) is 5.02 Å². The normalized spacial score (nSPS) is 21.1. The molecular weight excluding hydrogens is 611 g/mol. The first kappa shape index (κ1) is 31.4. The highest BCUT2D eigenvalue weighted by atomic mass is 35.5. The molecule has 45 heavy (non-hydrogen) atoms. The van der Waals surface area contributed by atoms with Crippen molar-refractivity contribution < 1.29 is 32.2 Å². The van der Waals surface area contributed by atoms with Crippen molar-refractivity contribution in [3.05, 3.63) is 65.2 Å². The fourth-order valence-corrected chi connectivity index (χ4v) is 6.59. The summed E-state index contributed by atoms with van der Waals surface area (Å²) in [7, 11) is 0. The van der Waals surface area contributed by atoms with E-state index in [-0.39, 0.29) is 40.9 Å². The van der Waals surface area contributed by atoms with Gasteiger partial charge in [-0.1, -0.05) is 48.0 Å². The van der Waals surface area contributed by atoms with Crippen LogP contribution in [0.15, 0.2) is 54.6 Å². The standard InChI is InChI=1S/C32H35ClF3N5O4/c33-21-6-7-23(24(16-21)20-4-2-1-3-5-20)28(32(34,35)36)45-27-17-26(39-30(37)40-27)41-12-10-31(11-13-41)18-25(38-19-31)29(42)44-22-8-14-43-15-9-22/h1-7,16-17,22,25,28,38H,8-15,18-19H2,(H2,37,39,40)/t25?,28-/m1/s1. The van der Waals surface area contributed by atoms with Crippen LogP contribution in [0.5, 0.6) is 5.88 Å². The predicted molar refractivity (Wildman–Crippen MR) is 163 cm³/mol. The number of benzene rings is 2. The highest BCUT2D eigenvalue weighted by molar-refractivity contribution is 6.30. The SMILES string of the molecule is Nc1nc(O[C@H](c2ccc(Cl)cc2-c2ccccc2)C(F)(F)F)cc(N2CCC3(CC2)CNC(C(=O)OC2CCOCC2)C3)n1. The number of nitrogens with two attached hydrogens (primary N) is 1. The summed E-state index contributed by atoms with van der Waals surface area (Å²) in [6, 6.07) is 13.9. The van der Waals surface area contributed by atoms with Crippen LogP contribution in [-0.4, -0.2) is 67.1 Å². The van der Waals surface area contributed by atoms with Crippen molar-refractivity contribution in [3.8, 4) is 17.0 Å². The van der Waals surface area contributed by atoms with Gasteiger partial charge in [0, 0.05) is 49.1 Å². The van der Waals surface area contributed by atoms with Gasteiger partial charge < -0.3 is 30.2 Å². The number of piperidine rings is 1. The van der Waals surface area contributed by atoms with Crippen LogP contribution < -0.4 is 20.7 Å². The smallest absolute Gasteiger partial charge is 0.429 e. The maximum absolute atomic E-state index is 14.5. The second kappa shape index (κ2) is 13.0. The van der Waals surface area contributed by atoms with E-state index in [0.29, 0.717) is 74.1 Å². The van der Waals surface area contributed by atoms with E-state index < -0.39 is 12.3 Å². The number of alkyl halides is 3. The van der Waals surface area contributed by atoms with E-state index >= 15 is 0 Å². The molecule has 0 saturated carbocycles. The molecule has 1 unspecified atom stereocenters. The highest BCUT2D eigenvalue weighted by Crippen LogP contribution is 2.43. The fraction of sp³-hybridized carbons (Fsp3) is 0.469. The Morgan fingerprint density at radius 1 is 1.09 bits per heavy atom. The van der Waals surface area contributed by atoms with Crippen molar-refractivity contribution in [2.45, 2.75) is 56.5 Å². The number of nitrogens with zero attached hydrogens (tertiary/aromatic N) is 3. The van der Waals surface area contributed by atoms with Gasteiger partial charge in [-0.3, -0.25) is 4.79 Å². The number of halogens is 4. The lowest BCUT2D eigenvalue weighted by Gasteiger charge is -2.39. The van der Waals surface area contributed by atoms with Gasteiger partial charge in [0.2, 0.25) is 17.9 Å². The van der Waals surface area contributed by atoms with Gasteiger partial charge in [0.25, 0.3) is 0 Å². The largest absolute Gasteiger partial charge is 0.461 e. The van der Waals surface area contributed by atoms with E-state index in [2.05, 4.69) is 15.3 Å². The summed E-state index contributed by atoms with van der Waals surface area (Å²) in [5, 5.41) is 3.65. The Labute approximate surface area is 264 Å². The highest BCUT2D eigenvalue weighted by Gasteiger charge is 2.46. The zero-order valence-electron chi connectivity index (χ0n) is 24.6. The maximum atomic E-state index is 14.5. The Hall–Kier alpha value is -3.61. The number of nitrogens with one attached hydrogen (secondary N) is 1. The van der Waals surface area contributed by atoms with Crippen molar-refractivity contribution in [1.29, 1.82) is 0 Å². The lowest BCUT2D eigenvalue weighted by atomic mass is 9.76. The molecule has 3 aliphatic heterocycles. The topological polar surface area (TPSA) is 112 Å². The summed E-state index contributed by atoms with van der Waals surface area (Å²) >= 11 is 6.19. The third-order valence-electron chi connectivity index (χ3n) is 8.87. The molecular formula is C32H35ClF3N5O4. The second-order valence-electron chi connectivity index (χ2n) is 11.9. The van der Waals surface area contributed by atoms with Crippen LogP contribution >= 0.6 is 11.6 Å². The van der Waals surface area contributed by atoms with Gasteiger partial charge in [0.15, 0.2) is 0 Å². The van der Waals surface area contributed by atoms with Crippen LogP contribution in [0.25, 0.3) is 11.1 Å². The first-order valence-corrected chi connectivity index (χ1v) is 15.5. The maximum Gasteiger partial charge on any atom is 0.429 e. The minimum atomic E-state index is -4.77. The number of anilines is 2. The number of esters is 1. The summed E-state index contributed by atoms with van der Waals surface area (Å²) in [6.45, 7) is 3.05. The number of rotatable bonds is 7. The van der Waals surface area contributed by atoms with Crippen LogP contribution in [0.1, 0.15) is 43.8 Å². The Morgan fingerprint density at radius 3 is 2.53 bits per heavy atom. The molecule has 3 aromatic rings. The molecule has 0 amide bonds. The molecule has 2 atom stereocenters. The average molecular weight is 646 g/mol. The van der Waals surface area contributed by atoms with E-state index in [1.165, 1.54) is 24.3 Å². The summed E-state index contributed by atoms with van der Waals surface area (Å²) in [6.07, 6.45) is -3.59. The number of hydrogen-bond donors (Lipinski definition) is 2. The van der Waals surface area contributed by atoms with Crippen molar-refractivity contribution in [2.75, 3.05) is 43.5 Å². The minimum absolute atomic E-state index is 0.0857. The predicted octanol–water partition coefficient (Wildman–Crippen LogP) is 5.73. The molecule has 1 aromatic heterocycles. The molecule has 240 valence electrons. The van der Waals surface area contributed by atoms with Gasteiger partial charge in [-0.25, -0.2) is 0 Å². The van der Waals surface area contributed by atoms with Crippen molar-refractivity contribution in [1.82, 2.24) is 15.3 Å². The lowest BCUT2D eigenvalue weighted by molar-refractivity contribution is -0.198. The number of aromatic nitrogens is 2. The zero-order valence-corrected chi connectivity index (χ0v) is 25.3. The summed E-state index contributed by atoms with van der Waals surface area (Å²) in [5.74, 6) is -0.315. The quantitative estimate of drug-likeness (QED) is 0.311. The Balaban J connectivity index is 1.15. The van der Waals surface area contributed by atoms with Crippen LogP contribution in [0.4, 0.5) is 24.9 Å². The van der Waals surface area contributed by atoms with E-state index in [0.717, 1.165) is 12.8 Å². The Morgan fingerprint density at radius 2 is 1.82 bits per heavy atom. The molecule has 3 aliphatic rings. The lowest BCUT2D eigenvalue weighted by Crippen LogP contribution is -2.41. The average Bonchev–Trinajstić information content (AvgIpc) is 3.44. The van der Waals surface area contributed by atoms with Crippen LogP contribution in [0, 0.1) is 5.41 Å². The molecule has 13 heteroatoms. The van der Waals surface area contributed by atoms with E-state index in [9.17, 15) is 18.0 Å². The van der Waals surface area contributed by atoms with Gasteiger partial charge in [-0.2, -0.15) is 23.1 Å². The molecule has 4 heterocycles. The van der Waals surface area contributed by atoms with Gasteiger partial charge >= 0.3 is 12.1 Å². The molecule has 2 aromatic carbocycles. The molecule has 9 nitrogen and oxygen atoms in total. The first-order chi connectivity index (χ1) is 21.6. The molecule has 0 radical (unpaired) electrons. The summed E-state index contributed by atoms with van der Waals surface area (Å²) in [4.78, 5) is 23.1. The van der Waals surface area contributed by atoms with E-state index in [1.54, 1.807) is 30.3 Å². The van der Waals surface area contributed by atoms with E-state index in [4.69, 9.17) is 31.5 Å². The van der Waals surface area contributed by atoms with Crippen LogP contribution in [-0.2, 0) is 14.3 Å². The number of hydrogen-bond acceptors (Lipinski definition) is 9. The van der Waals surface area contributed by atoms with E-state index in [1.807, 2.05) is 4.90 Å². The van der Waals surface area contributed by atoms with Crippen molar-refractivity contribution >= 4 is 29.3 Å². The zero-order chi connectivity index (χ0) is 31.6. The molecule has 6 rings (SSSR count). The van der Waals surface area contributed by atoms with Gasteiger partial charge in [0.1, 0.15) is 18.0 Å². The molecule has 3 N–H and O–H groups in total. The van der Waals surface area contributed by atoms with Crippen molar-refractivity contribution in [2.24, 2.45) is 5.41 Å². The van der Waals surface area contributed by atoms with Gasteiger partial charge in [0.05, 0.1) is 13.2 Å². The second-order valence-corrected chi connectivity index (χ2v) is 12.4. The third-order valence-corrected chi connectivity index (χ3v) is 9.10. The number of carbonyl (C=O) groups excluding carboxylic acids is 1. The summed E-state index contributed by atoms with van der Waals surface area (Å²) in [5.41, 5.74) is 6.66. The summed E-state index contributed by atoms with van der Waals surface area (Å²) < 4.78 is 60.3. The first-order valence-electron chi connectivity index (χ1n) is 15.1. The Kier molecular flexibility index (Phi) is 9.07. The molecule has 1 spiro atoms. The molecule has 3 fully saturated rings. The Bertz CT molecular complexity index is 1500. The number of nitrogen functional groups attached to an aromatic ring is 1. The van der Waals surface area contributed by atoms with Gasteiger partial charge in [-0.15, -0.1) is 0 Å². The minimum Gasteiger partial charge on any atom is -0.461 e.